The number of hydrogen-bond acceptors (Lipinski definition) is 5. The Morgan fingerprint density at radius 2 is 1.69 bits per heavy atom. The van der Waals surface area contributed by atoms with E-state index in [0.717, 1.165) is 5.56 Å². The van der Waals surface area contributed by atoms with Gasteiger partial charge >= 0.3 is 11.6 Å². The van der Waals surface area contributed by atoms with Gasteiger partial charge in [-0.1, -0.05) is 42.5 Å². The van der Waals surface area contributed by atoms with Crippen LogP contribution in [0.3, 0.4) is 0 Å². The second-order valence-electron chi connectivity index (χ2n) is 5.72. The van der Waals surface area contributed by atoms with Gasteiger partial charge in [0.1, 0.15) is 5.58 Å². The lowest BCUT2D eigenvalue weighted by Gasteiger charge is -2.11. The SMILES string of the molecule is O=C(Oc1c(Cc2ccccc2)c(=O)oc2ccccc12)c1ccco1. The predicted octanol–water partition coefficient (Wildman–Crippen LogP) is 4.20. The number of rotatable bonds is 4. The summed E-state index contributed by atoms with van der Waals surface area (Å²) in [6, 6.07) is 19.5. The van der Waals surface area contributed by atoms with Crippen molar-refractivity contribution in [2.45, 2.75) is 6.42 Å². The minimum atomic E-state index is -0.667. The van der Waals surface area contributed by atoms with Crippen LogP contribution in [-0.4, -0.2) is 5.97 Å². The Morgan fingerprint density at radius 3 is 2.46 bits per heavy atom. The number of furan rings is 1. The lowest BCUT2D eigenvalue weighted by Crippen LogP contribution is -2.15. The average Bonchev–Trinajstić information content (AvgIpc) is 3.20. The molecule has 0 bridgehead atoms. The van der Waals surface area contributed by atoms with Gasteiger partial charge in [-0.2, -0.15) is 0 Å². The van der Waals surface area contributed by atoms with Crippen molar-refractivity contribution in [3.05, 3.63) is 100 Å². The minimum Gasteiger partial charge on any atom is -0.457 e. The van der Waals surface area contributed by atoms with E-state index in [1.54, 1.807) is 30.3 Å². The molecule has 0 fully saturated rings. The molecule has 0 N–H and O–H groups in total. The third-order valence-corrected chi connectivity index (χ3v) is 4.00. The zero-order valence-electron chi connectivity index (χ0n) is 13.7. The second-order valence-corrected chi connectivity index (χ2v) is 5.72. The molecule has 0 saturated heterocycles. The molecule has 0 radical (unpaired) electrons. The molecule has 2 aromatic heterocycles. The maximum Gasteiger partial charge on any atom is 0.379 e. The van der Waals surface area contributed by atoms with E-state index in [-0.39, 0.29) is 23.5 Å². The molecule has 0 aliphatic heterocycles. The number of fused-ring (bicyclic) bond motifs is 1. The number of carbonyl (C=O) groups excluding carboxylic acids is 1. The molecule has 4 rings (SSSR count). The fourth-order valence-corrected chi connectivity index (χ4v) is 2.77. The molecule has 4 aromatic rings. The van der Waals surface area contributed by atoms with Crippen LogP contribution < -0.4 is 10.4 Å². The third kappa shape index (κ3) is 3.02. The maximum atomic E-state index is 12.5. The molecule has 0 aliphatic carbocycles. The van der Waals surface area contributed by atoms with Crippen LogP contribution in [-0.2, 0) is 6.42 Å². The summed E-state index contributed by atoms with van der Waals surface area (Å²) >= 11 is 0. The van der Waals surface area contributed by atoms with E-state index in [2.05, 4.69) is 0 Å². The van der Waals surface area contributed by atoms with Crippen LogP contribution in [0.5, 0.6) is 5.75 Å². The molecule has 0 saturated carbocycles. The summed E-state index contributed by atoms with van der Waals surface area (Å²) in [6.07, 6.45) is 1.67. The van der Waals surface area contributed by atoms with E-state index in [4.69, 9.17) is 13.6 Å². The molecule has 5 nitrogen and oxygen atoms in total. The Labute approximate surface area is 148 Å². The minimum absolute atomic E-state index is 0.0629. The first-order valence-electron chi connectivity index (χ1n) is 8.07. The van der Waals surface area contributed by atoms with Gasteiger partial charge in [-0.3, -0.25) is 0 Å². The Morgan fingerprint density at radius 1 is 0.923 bits per heavy atom. The number of hydrogen-bond donors (Lipinski definition) is 0. The van der Waals surface area contributed by atoms with Crippen molar-refractivity contribution in [2.24, 2.45) is 0 Å². The monoisotopic (exact) mass is 346 g/mol. The highest BCUT2D eigenvalue weighted by atomic mass is 16.5. The number of esters is 1. The number of ether oxygens (including phenoxy) is 1. The average molecular weight is 346 g/mol. The Balaban J connectivity index is 1.85. The van der Waals surface area contributed by atoms with Crippen molar-refractivity contribution in [3.8, 4) is 5.75 Å². The number of carbonyl (C=O) groups is 1. The molecular formula is C21H14O5. The fourth-order valence-electron chi connectivity index (χ4n) is 2.77. The molecule has 0 unspecified atom stereocenters. The van der Waals surface area contributed by atoms with Crippen LogP contribution in [0.2, 0.25) is 0 Å². The molecule has 0 aliphatic rings. The molecule has 0 spiro atoms. The van der Waals surface area contributed by atoms with E-state index >= 15 is 0 Å². The summed E-state index contributed by atoms with van der Waals surface area (Å²) in [5.74, 6) is -0.407. The van der Waals surface area contributed by atoms with E-state index in [0.29, 0.717) is 11.0 Å². The van der Waals surface area contributed by atoms with Crippen molar-refractivity contribution in [2.75, 3.05) is 0 Å². The molecule has 0 atom stereocenters. The van der Waals surface area contributed by atoms with Crippen LogP contribution in [0.15, 0.2) is 86.6 Å². The van der Waals surface area contributed by atoms with Crippen LogP contribution in [0, 0.1) is 0 Å². The van der Waals surface area contributed by atoms with Crippen LogP contribution in [0.25, 0.3) is 11.0 Å². The van der Waals surface area contributed by atoms with E-state index in [1.165, 1.54) is 12.3 Å². The lowest BCUT2D eigenvalue weighted by molar-refractivity contribution is 0.0701. The van der Waals surface area contributed by atoms with Gasteiger partial charge < -0.3 is 13.6 Å². The van der Waals surface area contributed by atoms with Crippen LogP contribution in [0.4, 0.5) is 0 Å². The number of para-hydroxylation sites is 1. The summed E-state index contributed by atoms with van der Waals surface area (Å²) in [5, 5.41) is 0.554. The Bertz CT molecular complexity index is 1110. The van der Waals surface area contributed by atoms with Crippen molar-refractivity contribution in [3.63, 3.8) is 0 Å². The van der Waals surface area contributed by atoms with Crippen molar-refractivity contribution < 1.29 is 18.4 Å². The smallest absolute Gasteiger partial charge is 0.379 e. The van der Waals surface area contributed by atoms with Crippen molar-refractivity contribution >= 4 is 16.9 Å². The molecule has 2 aromatic carbocycles. The summed E-state index contributed by atoms with van der Waals surface area (Å²) in [6.45, 7) is 0. The first-order valence-corrected chi connectivity index (χ1v) is 8.07. The van der Waals surface area contributed by atoms with E-state index in [1.807, 2.05) is 30.3 Å². The van der Waals surface area contributed by atoms with Crippen molar-refractivity contribution in [1.82, 2.24) is 0 Å². The topological polar surface area (TPSA) is 69.7 Å². The second kappa shape index (κ2) is 6.72. The summed E-state index contributed by atoms with van der Waals surface area (Å²) in [4.78, 5) is 24.9. The van der Waals surface area contributed by atoms with Crippen LogP contribution in [0.1, 0.15) is 21.7 Å². The van der Waals surface area contributed by atoms with Gasteiger partial charge in [0, 0.05) is 6.42 Å². The normalized spacial score (nSPS) is 10.8. The zero-order valence-corrected chi connectivity index (χ0v) is 13.7. The van der Waals surface area contributed by atoms with Crippen LogP contribution >= 0.6 is 0 Å². The van der Waals surface area contributed by atoms with E-state index < -0.39 is 11.6 Å². The van der Waals surface area contributed by atoms with Gasteiger partial charge in [0.25, 0.3) is 0 Å². The Kier molecular flexibility index (Phi) is 4.11. The highest BCUT2D eigenvalue weighted by Crippen LogP contribution is 2.29. The largest absolute Gasteiger partial charge is 0.457 e. The fraction of sp³-hybridized carbons (Fsp3) is 0.0476. The quantitative estimate of drug-likeness (QED) is 0.409. The zero-order chi connectivity index (χ0) is 17.9. The van der Waals surface area contributed by atoms with Gasteiger partial charge in [-0.15, -0.1) is 0 Å². The lowest BCUT2D eigenvalue weighted by atomic mass is 10.0. The third-order valence-electron chi connectivity index (χ3n) is 4.00. The number of benzene rings is 2. The summed E-state index contributed by atoms with van der Waals surface area (Å²) < 4.78 is 16.1. The Hall–Kier alpha value is -3.60. The molecule has 0 amide bonds. The van der Waals surface area contributed by atoms with E-state index in [9.17, 15) is 9.59 Å². The van der Waals surface area contributed by atoms with Gasteiger partial charge in [0.05, 0.1) is 17.2 Å². The standard InChI is InChI=1S/C21H14O5/c22-20-16(13-14-7-2-1-3-8-14)19(15-9-4-5-10-17(15)25-20)26-21(23)18-11-6-12-24-18/h1-12H,13H2. The van der Waals surface area contributed by atoms with Gasteiger partial charge in [-0.25, -0.2) is 9.59 Å². The molecule has 128 valence electrons. The molecule has 26 heavy (non-hydrogen) atoms. The maximum absolute atomic E-state index is 12.5. The highest BCUT2D eigenvalue weighted by Gasteiger charge is 2.21. The van der Waals surface area contributed by atoms with Gasteiger partial charge in [0.15, 0.2) is 5.75 Å². The summed E-state index contributed by atoms with van der Waals surface area (Å²) in [7, 11) is 0. The highest BCUT2D eigenvalue weighted by molar-refractivity contribution is 5.92. The van der Waals surface area contributed by atoms with Gasteiger partial charge in [-0.05, 0) is 29.8 Å². The summed E-state index contributed by atoms with van der Waals surface area (Å²) in [5.41, 5.74) is 1.02. The van der Waals surface area contributed by atoms with Gasteiger partial charge in [0.2, 0.25) is 5.76 Å². The first-order chi connectivity index (χ1) is 12.7. The molecular weight excluding hydrogens is 332 g/mol. The first kappa shape index (κ1) is 15.9. The van der Waals surface area contributed by atoms with Crippen molar-refractivity contribution in [1.29, 1.82) is 0 Å². The molecule has 5 heteroatoms. The predicted molar refractivity (Wildman–Crippen MR) is 95.4 cm³/mol. The molecule has 2 heterocycles.